The molecule has 0 saturated heterocycles. The number of nitrogens with zero attached hydrogens (tertiary/aromatic N) is 2. The standard InChI is InChI=1S/C13H16FN3O/c1-9(2)15-8-13-17-16-12(18-13)7-10-3-5-11(14)6-4-10/h3-6,9,15H,7-8H2,1-2H3. The van der Waals surface area contributed by atoms with Gasteiger partial charge in [0.1, 0.15) is 5.82 Å². The Bertz CT molecular complexity index is 493. The molecule has 0 saturated carbocycles. The highest BCUT2D eigenvalue weighted by atomic mass is 19.1. The van der Waals surface area contributed by atoms with Gasteiger partial charge in [0, 0.05) is 6.04 Å². The molecule has 4 nitrogen and oxygen atoms in total. The molecular formula is C13H16FN3O. The van der Waals surface area contributed by atoms with Gasteiger partial charge in [0.2, 0.25) is 11.8 Å². The van der Waals surface area contributed by atoms with E-state index in [0.29, 0.717) is 30.8 Å². The Balaban J connectivity index is 1.95. The fraction of sp³-hybridized carbons (Fsp3) is 0.385. The van der Waals surface area contributed by atoms with Gasteiger partial charge in [0.15, 0.2) is 0 Å². The molecule has 0 unspecified atom stereocenters. The van der Waals surface area contributed by atoms with Crippen molar-refractivity contribution in [3.8, 4) is 0 Å². The predicted octanol–water partition coefficient (Wildman–Crippen LogP) is 2.30. The zero-order valence-corrected chi connectivity index (χ0v) is 10.5. The summed E-state index contributed by atoms with van der Waals surface area (Å²) in [7, 11) is 0. The minimum absolute atomic E-state index is 0.244. The summed E-state index contributed by atoms with van der Waals surface area (Å²) in [5.41, 5.74) is 0.948. The van der Waals surface area contributed by atoms with Gasteiger partial charge in [-0.15, -0.1) is 10.2 Å². The molecule has 18 heavy (non-hydrogen) atoms. The van der Waals surface area contributed by atoms with Crippen LogP contribution in [-0.2, 0) is 13.0 Å². The summed E-state index contributed by atoms with van der Waals surface area (Å²) >= 11 is 0. The number of halogens is 1. The molecule has 96 valence electrons. The molecule has 0 aliphatic carbocycles. The highest BCUT2D eigenvalue weighted by Crippen LogP contribution is 2.09. The van der Waals surface area contributed by atoms with Gasteiger partial charge in [-0.1, -0.05) is 26.0 Å². The van der Waals surface area contributed by atoms with E-state index in [9.17, 15) is 4.39 Å². The molecular weight excluding hydrogens is 233 g/mol. The first kappa shape index (κ1) is 12.7. The third-order valence-electron chi connectivity index (χ3n) is 2.44. The van der Waals surface area contributed by atoms with Crippen molar-refractivity contribution >= 4 is 0 Å². The molecule has 2 aromatic rings. The predicted molar refractivity (Wildman–Crippen MR) is 65.5 cm³/mol. The van der Waals surface area contributed by atoms with Crippen LogP contribution in [0.25, 0.3) is 0 Å². The number of hydrogen-bond acceptors (Lipinski definition) is 4. The van der Waals surface area contributed by atoms with Crippen molar-refractivity contribution in [2.45, 2.75) is 32.9 Å². The van der Waals surface area contributed by atoms with Crippen LogP contribution in [0.5, 0.6) is 0 Å². The van der Waals surface area contributed by atoms with E-state index in [1.807, 2.05) is 0 Å². The lowest BCUT2D eigenvalue weighted by atomic mass is 10.1. The first-order chi connectivity index (χ1) is 8.63. The Morgan fingerprint density at radius 2 is 1.83 bits per heavy atom. The van der Waals surface area contributed by atoms with Crippen LogP contribution >= 0.6 is 0 Å². The Hall–Kier alpha value is -1.75. The Kier molecular flexibility index (Phi) is 4.04. The van der Waals surface area contributed by atoms with E-state index in [-0.39, 0.29) is 5.82 Å². The quantitative estimate of drug-likeness (QED) is 0.883. The second kappa shape index (κ2) is 5.73. The molecule has 0 amide bonds. The van der Waals surface area contributed by atoms with Crippen molar-refractivity contribution in [3.63, 3.8) is 0 Å². The zero-order chi connectivity index (χ0) is 13.0. The lowest BCUT2D eigenvalue weighted by molar-refractivity contribution is 0.427. The number of aromatic nitrogens is 2. The van der Waals surface area contributed by atoms with Crippen molar-refractivity contribution in [2.24, 2.45) is 0 Å². The van der Waals surface area contributed by atoms with Gasteiger partial charge in [0.25, 0.3) is 0 Å². The average molecular weight is 249 g/mol. The fourth-order valence-corrected chi connectivity index (χ4v) is 1.50. The summed E-state index contributed by atoms with van der Waals surface area (Å²) in [5, 5.41) is 11.1. The average Bonchev–Trinajstić information content (AvgIpc) is 2.77. The highest BCUT2D eigenvalue weighted by Gasteiger charge is 2.07. The maximum Gasteiger partial charge on any atom is 0.230 e. The van der Waals surface area contributed by atoms with Crippen LogP contribution in [0.3, 0.4) is 0 Å². The summed E-state index contributed by atoms with van der Waals surface area (Å²) in [5.74, 6) is 0.870. The highest BCUT2D eigenvalue weighted by molar-refractivity contribution is 5.18. The molecule has 1 heterocycles. The number of rotatable bonds is 5. The van der Waals surface area contributed by atoms with Crippen LogP contribution in [0, 0.1) is 5.82 Å². The van der Waals surface area contributed by atoms with E-state index in [2.05, 4.69) is 29.4 Å². The van der Waals surface area contributed by atoms with Crippen molar-refractivity contribution in [3.05, 3.63) is 47.4 Å². The van der Waals surface area contributed by atoms with Crippen molar-refractivity contribution in [2.75, 3.05) is 0 Å². The van der Waals surface area contributed by atoms with Crippen LogP contribution in [0.15, 0.2) is 28.7 Å². The third-order valence-corrected chi connectivity index (χ3v) is 2.44. The molecule has 1 N–H and O–H groups in total. The molecule has 0 atom stereocenters. The molecule has 0 bridgehead atoms. The molecule has 0 spiro atoms. The fourth-order valence-electron chi connectivity index (χ4n) is 1.50. The van der Waals surface area contributed by atoms with E-state index in [0.717, 1.165) is 5.56 Å². The summed E-state index contributed by atoms with van der Waals surface area (Å²) < 4.78 is 18.2. The second-order valence-electron chi connectivity index (χ2n) is 4.43. The first-order valence-corrected chi connectivity index (χ1v) is 5.92. The van der Waals surface area contributed by atoms with Crippen LogP contribution in [-0.4, -0.2) is 16.2 Å². The first-order valence-electron chi connectivity index (χ1n) is 5.92. The van der Waals surface area contributed by atoms with Crippen molar-refractivity contribution in [1.82, 2.24) is 15.5 Å². The summed E-state index contributed by atoms with van der Waals surface area (Å²) in [6.07, 6.45) is 0.523. The van der Waals surface area contributed by atoms with Crippen molar-refractivity contribution < 1.29 is 8.81 Å². The Morgan fingerprint density at radius 3 is 2.50 bits per heavy atom. The van der Waals surface area contributed by atoms with Gasteiger partial charge in [0.05, 0.1) is 13.0 Å². The number of nitrogens with one attached hydrogen (secondary N) is 1. The van der Waals surface area contributed by atoms with E-state index < -0.39 is 0 Å². The Morgan fingerprint density at radius 1 is 1.17 bits per heavy atom. The SMILES string of the molecule is CC(C)NCc1nnc(Cc2ccc(F)cc2)o1. The molecule has 5 heteroatoms. The maximum atomic E-state index is 12.7. The smallest absolute Gasteiger partial charge is 0.230 e. The lowest BCUT2D eigenvalue weighted by Gasteiger charge is -2.03. The molecule has 1 aromatic carbocycles. The topological polar surface area (TPSA) is 51.0 Å². The molecule has 0 aliphatic rings. The van der Waals surface area contributed by atoms with Gasteiger partial charge in [-0.05, 0) is 17.7 Å². The van der Waals surface area contributed by atoms with E-state index >= 15 is 0 Å². The van der Waals surface area contributed by atoms with Crippen LogP contribution in [0.4, 0.5) is 4.39 Å². The summed E-state index contributed by atoms with van der Waals surface area (Å²) in [6.45, 7) is 4.67. The molecule has 2 rings (SSSR count). The van der Waals surface area contributed by atoms with Gasteiger partial charge >= 0.3 is 0 Å². The normalized spacial score (nSPS) is 11.1. The third kappa shape index (κ3) is 3.63. The van der Waals surface area contributed by atoms with Gasteiger partial charge in [-0.25, -0.2) is 4.39 Å². The van der Waals surface area contributed by atoms with Gasteiger partial charge < -0.3 is 9.73 Å². The summed E-state index contributed by atoms with van der Waals surface area (Å²) in [4.78, 5) is 0. The zero-order valence-electron chi connectivity index (χ0n) is 10.5. The van der Waals surface area contributed by atoms with Gasteiger partial charge in [-0.2, -0.15) is 0 Å². The van der Waals surface area contributed by atoms with E-state index in [4.69, 9.17) is 4.42 Å². The summed E-state index contributed by atoms with van der Waals surface area (Å²) in [6, 6.07) is 6.65. The number of benzene rings is 1. The van der Waals surface area contributed by atoms with Crippen LogP contribution < -0.4 is 5.32 Å². The molecule has 1 aromatic heterocycles. The Labute approximate surface area is 105 Å². The largest absolute Gasteiger partial charge is 0.424 e. The van der Waals surface area contributed by atoms with Crippen LogP contribution in [0.1, 0.15) is 31.2 Å². The maximum absolute atomic E-state index is 12.7. The molecule has 0 aliphatic heterocycles. The second-order valence-corrected chi connectivity index (χ2v) is 4.43. The molecule has 0 fully saturated rings. The van der Waals surface area contributed by atoms with Crippen molar-refractivity contribution in [1.29, 1.82) is 0 Å². The van der Waals surface area contributed by atoms with Gasteiger partial charge in [-0.3, -0.25) is 0 Å². The number of hydrogen-bond donors (Lipinski definition) is 1. The van der Waals surface area contributed by atoms with Crippen LogP contribution in [0.2, 0.25) is 0 Å². The van der Waals surface area contributed by atoms with E-state index in [1.54, 1.807) is 12.1 Å². The minimum Gasteiger partial charge on any atom is -0.424 e. The minimum atomic E-state index is -0.244. The lowest BCUT2D eigenvalue weighted by Crippen LogP contribution is -2.21. The van der Waals surface area contributed by atoms with E-state index in [1.165, 1.54) is 12.1 Å². The monoisotopic (exact) mass is 249 g/mol. The molecule has 0 radical (unpaired) electrons.